The number of fused-ring (bicyclic) bond motifs is 2. The molecule has 0 saturated carbocycles. The van der Waals surface area contributed by atoms with Gasteiger partial charge in [-0.25, -0.2) is 14.3 Å². The molecule has 0 radical (unpaired) electrons. The number of nitrogens with one attached hydrogen (secondary N) is 1. The lowest BCUT2D eigenvalue weighted by molar-refractivity contribution is -0.128. The van der Waals surface area contributed by atoms with Crippen LogP contribution in [0, 0.1) is 13.8 Å². The number of piperazine rings is 1. The molecule has 5 aromatic rings. The average molecular weight is 611 g/mol. The Labute approximate surface area is 260 Å². The second kappa shape index (κ2) is 11.2. The first-order valence-corrected chi connectivity index (χ1v) is 15.1. The van der Waals surface area contributed by atoms with Gasteiger partial charge in [0.2, 0.25) is 5.91 Å². The molecule has 0 aliphatic carbocycles. The molecule has 10 nitrogen and oxygen atoms in total. The van der Waals surface area contributed by atoms with Crippen LogP contribution in [-0.4, -0.2) is 65.7 Å². The van der Waals surface area contributed by atoms with Crippen LogP contribution in [0.25, 0.3) is 38.9 Å². The predicted molar refractivity (Wildman–Crippen MR) is 175 cm³/mol. The van der Waals surface area contributed by atoms with Gasteiger partial charge < -0.3 is 9.80 Å². The van der Waals surface area contributed by atoms with Crippen molar-refractivity contribution in [2.24, 2.45) is 0 Å². The number of anilines is 1. The van der Waals surface area contributed by atoms with Crippen LogP contribution in [0.15, 0.2) is 54.1 Å². The van der Waals surface area contributed by atoms with Gasteiger partial charge in [-0.3, -0.25) is 14.9 Å². The number of carbonyl (C=O) groups is 1. The number of H-pyrrole nitrogens is 1. The highest BCUT2D eigenvalue weighted by atomic mass is 35.5. The molecule has 2 atom stereocenters. The Hall–Kier alpha value is -4.57. The molecule has 1 aliphatic rings. The topological polar surface area (TPSA) is 113 Å². The first-order valence-electron chi connectivity index (χ1n) is 14.7. The summed E-state index contributed by atoms with van der Waals surface area (Å²) < 4.78 is 1.57. The highest BCUT2D eigenvalue weighted by Gasteiger charge is 2.34. The number of carbonyl (C=O) groups excluding carboxylic acids is 1. The van der Waals surface area contributed by atoms with E-state index in [-0.39, 0.29) is 23.9 Å². The normalized spacial score (nSPS) is 17.2. The molecular formula is C33H35ClN8O2. The molecule has 0 bridgehead atoms. The van der Waals surface area contributed by atoms with Crippen molar-refractivity contribution in [3.05, 3.63) is 81.6 Å². The lowest BCUT2D eigenvalue weighted by atomic mass is 10.0. The summed E-state index contributed by atoms with van der Waals surface area (Å²) in [5, 5.41) is 9.33. The van der Waals surface area contributed by atoms with E-state index in [0.717, 1.165) is 33.3 Å². The Morgan fingerprint density at radius 2 is 1.89 bits per heavy atom. The molecule has 11 heteroatoms. The fraction of sp³-hybridized carbons (Fsp3) is 0.333. The zero-order valence-corrected chi connectivity index (χ0v) is 26.5. The standard InChI is InChI=1S/C33H35ClN8O2/c1-8-25(43)40-15-21(7)41(16-20(40)6)31-23-13-24(34)29(26-18(4)9-10-22-14-36-39-28(22)26)37-32(23)42(33(44)38-31)30-19(5)11-12-35-27(30)17(2)3/h8-14,17,20-21H,1,15-16H2,2-7H3,(H,36,39). The highest BCUT2D eigenvalue weighted by Crippen LogP contribution is 2.39. The van der Waals surface area contributed by atoms with E-state index in [0.29, 0.717) is 46.3 Å². The van der Waals surface area contributed by atoms with Gasteiger partial charge in [-0.2, -0.15) is 10.1 Å². The van der Waals surface area contributed by atoms with Crippen molar-refractivity contribution in [2.75, 3.05) is 18.0 Å². The maximum Gasteiger partial charge on any atom is 0.355 e. The number of benzene rings is 1. The number of hydrogen-bond donors (Lipinski definition) is 1. The number of aryl methyl sites for hydroxylation is 2. The number of nitrogens with zero attached hydrogens (tertiary/aromatic N) is 7. The molecule has 1 fully saturated rings. The number of amides is 1. The molecule has 4 aromatic heterocycles. The monoisotopic (exact) mass is 610 g/mol. The van der Waals surface area contributed by atoms with Crippen LogP contribution in [0.4, 0.5) is 5.82 Å². The summed E-state index contributed by atoms with van der Waals surface area (Å²) in [6.07, 6.45) is 4.86. The zero-order valence-electron chi connectivity index (χ0n) is 25.7. The molecule has 44 heavy (non-hydrogen) atoms. The molecule has 1 amide bonds. The second-order valence-corrected chi connectivity index (χ2v) is 12.3. The lowest BCUT2D eigenvalue weighted by Crippen LogP contribution is -2.58. The van der Waals surface area contributed by atoms with Crippen LogP contribution < -0.4 is 10.6 Å². The maximum absolute atomic E-state index is 14.2. The van der Waals surface area contributed by atoms with Crippen LogP contribution in [0.1, 0.15) is 50.4 Å². The van der Waals surface area contributed by atoms with Crippen molar-refractivity contribution in [1.29, 1.82) is 0 Å². The first kappa shape index (κ1) is 29.5. The van der Waals surface area contributed by atoms with Gasteiger partial charge >= 0.3 is 5.69 Å². The Morgan fingerprint density at radius 3 is 2.61 bits per heavy atom. The van der Waals surface area contributed by atoms with Crippen LogP contribution >= 0.6 is 11.6 Å². The fourth-order valence-corrected chi connectivity index (χ4v) is 6.50. The van der Waals surface area contributed by atoms with Crippen molar-refractivity contribution in [2.45, 2.75) is 59.5 Å². The van der Waals surface area contributed by atoms with E-state index in [2.05, 4.69) is 31.6 Å². The average Bonchev–Trinajstić information content (AvgIpc) is 3.47. The van der Waals surface area contributed by atoms with E-state index in [1.807, 2.05) is 65.8 Å². The largest absolute Gasteiger partial charge is 0.355 e. The number of halogens is 1. The molecule has 0 spiro atoms. The summed E-state index contributed by atoms with van der Waals surface area (Å²) in [5.74, 6) is 0.398. The minimum Gasteiger partial charge on any atom is -0.349 e. The predicted octanol–water partition coefficient (Wildman–Crippen LogP) is 5.72. The lowest BCUT2D eigenvalue weighted by Gasteiger charge is -2.44. The van der Waals surface area contributed by atoms with Crippen LogP contribution in [-0.2, 0) is 4.79 Å². The number of pyridine rings is 2. The van der Waals surface area contributed by atoms with Crippen molar-refractivity contribution in [1.82, 2.24) is 34.6 Å². The molecule has 1 N–H and O–H groups in total. The Balaban J connectivity index is 1.68. The van der Waals surface area contributed by atoms with E-state index in [1.54, 1.807) is 21.9 Å². The summed E-state index contributed by atoms with van der Waals surface area (Å²) in [6, 6.07) is 7.48. The van der Waals surface area contributed by atoms with E-state index in [4.69, 9.17) is 16.6 Å². The molecule has 2 unspecified atom stereocenters. The number of aromatic nitrogens is 6. The van der Waals surface area contributed by atoms with Crippen LogP contribution in [0.3, 0.4) is 0 Å². The molecular weight excluding hydrogens is 576 g/mol. The minimum atomic E-state index is -0.466. The summed E-state index contributed by atoms with van der Waals surface area (Å²) >= 11 is 7.08. The van der Waals surface area contributed by atoms with Gasteiger partial charge in [0, 0.05) is 42.3 Å². The van der Waals surface area contributed by atoms with Crippen LogP contribution in [0.2, 0.25) is 5.02 Å². The summed E-state index contributed by atoms with van der Waals surface area (Å²) in [5.41, 5.74) is 5.40. The molecule has 1 aliphatic heterocycles. The van der Waals surface area contributed by atoms with Gasteiger partial charge in [-0.1, -0.05) is 44.2 Å². The van der Waals surface area contributed by atoms with Gasteiger partial charge in [0.15, 0.2) is 5.65 Å². The van der Waals surface area contributed by atoms with Gasteiger partial charge in [-0.15, -0.1) is 0 Å². The van der Waals surface area contributed by atoms with Crippen molar-refractivity contribution < 1.29 is 4.79 Å². The summed E-state index contributed by atoms with van der Waals surface area (Å²) in [4.78, 5) is 45.2. The Kier molecular flexibility index (Phi) is 7.49. The van der Waals surface area contributed by atoms with Crippen molar-refractivity contribution >= 4 is 45.3 Å². The fourth-order valence-electron chi connectivity index (χ4n) is 6.25. The van der Waals surface area contributed by atoms with Gasteiger partial charge in [0.05, 0.1) is 39.2 Å². The van der Waals surface area contributed by atoms with E-state index < -0.39 is 5.69 Å². The SMILES string of the molecule is C=CC(=O)N1CC(C)N(c2nc(=O)n(-c3c(C)ccnc3C(C)C)c3nc(-c4c(C)ccc5cn[nH]c45)c(Cl)cc23)CC1C. The number of aromatic amines is 1. The van der Waals surface area contributed by atoms with Crippen LogP contribution in [0.5, 0.6) is 0 Å². The second-order valence-electron chi connectivity index (χ2n) is 11.9. The third-order valence-corrected chi connectivity index (χ3v) is 8.79. The third kappa shape index (κ3) is 4.73. The van der Waals surface area contributed by atoms with Gasteiger partial charge in [0.25, 0.3) is 0 Å². The molecule has 5 heterocycles. The third-order valence-electron chi connectivity index (χ3n) is 8.50. The number of hydrogen-bond acceptors (Lipinski definition) is 7. The van der Waals surface area contributed by atoms with E-state index in [1.165, 1.54) is 6.08 Å². The first-order chi connectivity index (χ1) is 21.0. The molecule has 1 saturated heterocycles. The zero-order chi connectivity index (χ0) is 31.4. The van der Waals surface area contributed by atoms with E-state index in [9.17, 15) is 9.59 Å². The quantitative estimate of drug-likeness (QED) is 0.253. The van der Waals surface area contributed by atoms with Crippen molar-refractivity contribution in [3.8, 4) is 16.9 Å². The molecule has 226 valence electrons. The van der Waals surface area contributed by atoms with E-state index >= 15 is 0 Å². The molecule has 6 rings (SSSR count). The summed E-state index contributed by atoms with van der Waals surface area (Å²) in [7, 11) is 0. The van der Waals surface area contributed by atoms with Crippen molar-refractivity contribution in [3.63, 3.8) is 0 Å². The minimum absolute atomic E-state index is 0.0376. The Morgan fingerprint density at radius 1 is 1.11 bits per heavy atom. The molecule has 1 aromatic carbocycles. The number of rotatable bonds is 5. The maximum atomic E-state index is 14.2. The smallest absolute Gasteiger partial charge is 0.349 e. The Bertz CT molecular complexity index is 2010. The van der Waals surface area contributed by atoms with Gasteiger partial charge in [-0.05, 0) is 62.9 Å². The highest BCUT2D eigenvalue weighted by molar-refractivity contribution is 6.34. The van der Waals surface area contributed by atoms with Gasteiger partial charge in [0.1, 0.15) is 5.82 Å². The summed E-state index contributed by atoms with van der Waals surface area (Å²) in [6.45, 7) is 16.6.